The van der Waals surface area contributed by atoms with E-state index in [4.69, 9.17) is 28.9 Å². The number of amides is 1. The lowest BCUT2D eigenvalue weighted by atomic mass is 10.2. The SMILES string of the molecule is CCOC(=O)C(N)C(=O)Nc1ccc(Cl)cc1Cl. The monoisotopic (exact) mass is 290 g/mol. The molecule has 0 aliphatic rings. The number of nitrogens with one attached hydrogen (secondary N) is 1. The standard InChI is InChI=1S/C11H12Cl2N2O3/c1-2-18-11(17)9(14)10(16)15-8-4-3-6(12)5-7(8)13/h3-5,9H,2,14H2,1H3,(H,15,16). The minimum absolute atomic E-state index is 0.154. The Morgan fingerprint density at radius 1 is 1.44 bits per heavy atom. The maximum absolute atomic E-state index is 11.6. The molecular weight excluding hydrogens is 279 g/mol. The summed E-state index contributed by atoms with van der Waals surface area (Å²) in [5.74, 6) is -1.49. The average Bonchev–Trinajstić information content (AvgIpc) is 2.32. The lowest BCUT2D eigenvalue weighted by Gasteiger charge is -2.12. The number of carbonyl (C=O) groups is 2. The third kappa shape index (κ3) is 3.87. The van der Waals surface area contributed by atoms with Crippen molar-refractivity contribution in [1.82, 2.24) is 0 Å². The van der Waals surface area contributed by atoms with Gasteiger partial charge in [0.15, 0.2) is 6.04 Å². The molecule has 0 saturated heterocycles. The predicted molar refractivity (Wildman–Crippen MR) is 69.7 cm³/mol. The molecule has 1 aromatic rings. The van der Waals surface area contributed by atoms with E-state index in [0.717, 1.165) is 0 Å². The first kappa shape index (κ1) is 14.8. The van der Waals surface area contributed by atoms with E-state index in [9.17, 15) is 9.59 Å². The summed E-state index contributed by atoms with van der Waals surface area (Å²) in [5, 5.41) is 3.12. The number of esters is 1. The molecule has 0 radical (unpaired) electrons. The van der Waals surface area contributed by atoms with Gasteiger partial charge in [-0.1, -0.05) is 23.2 Å². The van der Waals surface area contributed by atoms with Crippen LogP contribution in [0.3, 0.4) is 0 Å². The quantitative estimate of drug-likeness (QED) is 0.655. The number of rotatable bonds is 4. The summed E-state index contributed by atoms with van der Waals surface area (Å²) in [6.07, 6.45) is 0. The molecule has 1 unspecified atom stereocenters. The van der Waals surface area contributed by atoms with Gasteiger partial charge in [-0.3, -0.25) is 4.79 Å². The van der Waals surface area contributed by atoms with Gasteiger partial charge in [0.05, 0.1) is 17.3 Å². The molecule has 0 aliphatic heterocycles. The Labute approximate surface area is 114 Å². The summed E-state index contributed by atoms with van der Waals surface area (Å²) in [6.45, 7) is 1.78. The molecule has 5 nitrogen and oxygen atoms in total. The Hall–Kier alpha value is -1.30. The van der Waals surface area contributed by atoms with Gasteiger partial charge >= 0.3 is 5.97 Å². The fraction of sp³-hybridized carbons (Fsp3) is 0.273. The van der Waals surface area contributed by atoms with Crippen molar-refractivity contribution in [3.8, 4) is 0 Å². The Bertz CT molecular complexity index is 466. The van der Waals surface area contributed by atoms with Crippen molar-refractivity contribution in [1.29, 1.82) is 0 Å². The topological polar surface area (TPSA) is 81.4 Å². The lowest BCUT2D eigenvalue weighted by Crippen LogP contribution is -2.43. The number of carbonyl (C=O) groups excluding carboxylic acids is 2. The summed E-state index contributed by atoms with van der Waals surface area (Å²) in [5.41, 5.74) is 5.74. The molecule has 1 aromatic carbocycles. The lowest BCUT2D eigenvalue weighted by molar-refractivity contribution is -0.146. The molecule has 7 heteroatoms. The van der Waals surface area contributed by atoms with Gasteiger partial charge < -0.3 is 15.8 Å². The summed E-state index contributed by atoms with van der Waals surface area (Å²) < 4.78 is 4.63. The number of nitrogens with two attached hydrogens (primary N) is 1. The second kappa shape index (κ2) is 6.58. The molecule has 1 amide bonds. The van der Waals surface area contributed by atoms with Crippen molar-refractivity contribution >= 4 is 40.8 Å². The highest BCUT2D eigenvalue weighted by molar-refractivity contribution is 6.36. The Balaban J connectivity index is 2.72. The van der Waals surface area contributed by atoms with Crippen LogP contribution in [-0.4, -0.2) is 24.5 Å². The van der Waals surface area contributed by atoms with Crippen LogP contribution in [0.5, 0.6) is 0 Å². The number of hydrogen-bond acceptors (Lipinski definition) is 4. The van der Waals surface area contributed by atoms with Gasteiger partial charge in [-0.15, -0.1) is 0 Å². The molecule has 0 heterocycles. The maximum atomic E-state index is 11.6. The molecule has 0 fully saturated rings. The largest absolute Gasteiger partial charge is 0.464 e. The first-order valence-corrected chi connectivity index (χ1v) is 5.89. The molecule has 0 aliphatic carbocycles. The van der Waals surface area contributed by atoms with Gasteiger partial charge in [0.1, 0.15) is 0 Å². The Morgan fingerprint density at radius 2 is 2.11 bits per heavy atom. The number of benzene rings is 1. The van der Waals surface area contributed by atoms with Crippen LogP contribution in [0.25, 0.3) is 0 Å². The Kier molecular flexibility index (Phi) is 5.40. The van der Waals surface area contributed by atoms with Crippen LogP contribution < -0.4 is 11.1 Å². The van der Waals surface area contributed by atoms with Gasteiger partial charge in [0.25, 0.3) is 5.91 Å². The molecule has 18 heavy (non-hydrogen) atoms. The predicted octanol–water partition coefficient (Wildman–Crippen LogP) is 1.82. The molecule has 0 bridgehead atoms. The van der Waals surface area contributed by atoms with Gasteiger partial charge in [-0.05, 0) is 25.1 Å². The minimum atomic E-state index is -1.39. The molecule has 3 N–H and O–H groups in total. The molecule has 0 saturated carbocycles. The second-order valence-corrected chi connectivity index (χ2v) is 4.19. The summed E-state index contributed by atoms with van der Waals surface area (Å²) in [4.78, 5) is 22.9. The fourth-order valence-electron chi connectivity index (χ4n) is 1.14. The zero-order valence-corrected chi connectivity index (χ0v) is 11.1. The van der Waals surface area contributed by atoms with E-state index in [-0.39, 0.29) is 11.6 Å². The smallest absolute Gasteiger partial charge is 0.332 e. The number of hydrogen-bond donors (Lipinski definition) is 2. The van der Waals surface area contributed by atoms with Crippen molar-refractivity contribution < 1.29 is 14.3 Å². The van der Waals surface area contributed by atoms with Gasteiger partial charge in [0, 0.05) is 5.02 Å². The third-order valence-corrected chi connectivity index (χ3v) is 2.56. The highest BCUT2D eigenvalue weighted by Crippen LogP contribution is 2.25. The van der Waals surface area contributed by atoms with E-state index in [1.807, 2.05) is 0 Å². The van der Waals surface area contributed by atoms with Gasteiger partial charge in [0.2, 0.25) is 0 Å². The van der Waals surface area contributed by atoms with Crippen molar-refractivity contribution in [3.63, 3.8) is 0 Å². The molecule has 1 atom stereocenters. The summed E-state index contributed by atoms with van der Waals surface area (Å²) >= 11 is 11.6. The summed E-state index contributed by atoms with van der Waals surface area (Å²) in [7, 11) is 0. The van der Waals surface area contributed by atoms with Crippen LogP contribution in [0.2, 0.25) is 10.0 Å². The van der Waals surface area contributed by atoms with E-state index in [2.05, 4.69) is 10.1 Å². The van der Waals surface area contributed by atoms with Crippen LogP contribution >= 0.6 is 23.2 Å². The van der Waals surface area contributed by atoms with Crippen LogP contribution in [0.4, 0.5) is 5.69 Å². The van der Waals surface area contributed by atoms with Crippen LogP contribution in [0, 0.1) is 0 Å². The van der Waals surface area contributed by atoms with Crippen molar-refractivity contribution in [3.05, 3.63) is 28.2 Å². The van der Waals surface area contributed by atoms with Crippen LogP contribution in [0.1, 0.15) is 6.92 Å². The molecule has 1 rings (SSSR count). The van der Waals surface area contributed by atoms with Crippen molar-refractivity contribution in [2.45, 2.75) is 13.0 Å². The van der Waals surface area contributed by atoms with Crippen molar-refractivity contribution in [2.75, 3.05) is 11.9 Å². The van der Waals surface area contributed by atoms with Crippen molar-refractivity contribution in [2.24, 2.45) is 5.73 Å². The molecule has 0 aromatic heterocycles. The molecule has 98 valence electrons. The zero-order valence-electron chi connectivity index (χ0n) is 9.57. The second-order valence-electron chi connectivity index (χ2n) is 3.34. The number of anilines is 1. The minimum Gasteiger partial charge on any atom is -0.464 e. The highest BCUT2D eigenvalue weighted by atomic mass is 35.5. The number of ether oxygens (including phenoxy) is 1. The van der Waals surface area contributed by atoms with Crippen LogP contribution in [-0.2, 0) is 14.3 Å². The van der Waals surface area contributed by atoms with Crippen LogP contribution in [0.15, 0.2) is 18.2 Å². The van der Waals surface area contributed by atoms with E-state index in [1.165, 1.54) is 12.1 Å². The fourth-order valence-corrected chi connectivity index (χ4v) is 1.60. The number of halogens is 2. The average molecular weight is 291 g/mol. The summed E-state index contributed by atoms with van der Waals surface area (Å²) in [6, 6.07) is 3.14. The van der Waals surface area contributed by atoms with E-state index < -0.39 is 17.9 Å². The van der Waals surface area contributed by atoms with Gasteiger partial charge in [-0.2, -0.15) is 0 Å². The Morgan fingerprint density at radius 3 is 2.67 bits per heavy atom. The molecular formula is C11H12Cl2N2O3. The maximum Gasteiger partial charge on any atom is 0.332 e. The first-order valence-electron chi connectivity index (χ1n) is 5.13. The molecule has 0 spiro atoms. The zero-order chi connectivity index (χ0) is 13.7. The van der Waals surface area contributed by atoms with E-state index in [1.54, 1.807) is 13.0 Å². The third-order valence-electron chi connectivity index (χ3n) is 2.01. The normalized spacial score (nSPS) is 11.8. The highest BCUT2D eigenvalue weighted by Gasteiger charge is 2.23. The van der Waals surface area contributed by atoms with E-state index in [0.29, 0.717) is 10.7 Å². The van der Waals surface area contributed by atoms with Gasteiger partial charge in [-0.25, -0.2) is 4.79 Å². The first-order chi connectivity index (χ1) is 8.45. The van der Waals surface area contributed by atoms with E-state index >= 15 is 0 Å².